The van der Waals surface area contributed by atoms with Crippen LogP contribution in [-0.4, -0.2) is 42.8 Å². The van der Waals surface area contributed by atoms with Crippen LogP contribution in [0.2, 0.25) is 0 Å². The van der Waals surface area contributed by atoms with E-state index in [1.807, 2.05) is 36.4 Å². The van der Waals surface area contributed by atoms with Crippen LogP contribution >= 0.6 is 0 Å². The first-order valence-electron chi connectivity index (χ1n) is 11.0. The smallest absolute Gasteiger partial charge is 0.263 e. The fourth-order valence-corrected chi connectivity index (χ4v) is 4.33. The van der Waals surface area contributed by atoms with Gasteiger partial charge in [-0.1, -0.05) is 36.4 Å². The third-order valence-electron chi connectivity index (χ3n) is 6.08. The number of benzene rings is 3. The fraction of sp³-hybridized carbons (Fsp3) is 0.231. The van der Waals surface area contributed by atoms with Gasteiger partial charge in [-0.25, -0.2) is 9.37 Å². The van der Waals surface area contributed by atoms with E-state index in [0.29, 0.717) is 22.4 Å². The molecule has 0 amide bonds. The van der Waals surface area contributed by atoms with Gasteiger partial charge in [0.1, 0.15) is 0 Å². The average Bonchev–Trinajstić information content (AvgIpc) is 2.86. The summed E-state index contributed by atoms with van der Waals surface area (Å²) in [6, 6.07) is 22.5. The Labute approximate surface area is 191 Å². The fourth-order valence-electron chi connectivity index (χ4n) is 4.33. The van der Waals surface area contributed by atoms with Gasteiger partial charge in [0.25, 0.3) is 5.56 Å². The zero-order chi connectivity index (χ0) is 22.8. The number of piperazine rings is 1. The van der Waals surface area contributed by atoms with Crippen molar-refractivity contribution in [3.63, 3.8) is 0 Å². The number of para-hydroxylation sites is 2. The van der Waals surface area contributed by atoms with Crippen LogP contribution in [-0.2, 0) is 6.54 Å². The van der Waals surface area contributed by atoms with Gasteiger partial charge < -0.3 is 14.5 Å². The molecule has 33 heavy (non-hydrogen) atoms. The second kappa shape index (κ2) is 8.94. The van der Waals surface area contributed by atoms with Crippen molar-refractivity contribution in [2.75, 3.05) is 43.1 Å². The topological polar surface area (TPSA) is 50.6 Å². The molecule has 1 fully saturated rings. The number of anilines is 2. The van der Waals surface area contributed by atoms with Gasteiger partial charge in [0.15, 0.2) is 11.6 Å². The summed E-state index contributed by atoms with van der Waals surface area (Å²) in [6.07, 6.45) is 0. The van der Waals surface area contributed by atoms with Gasteiger partial charge in [-0.3, -0.25) is 9.36 Å². The highest BCUT2D eigenvalue weighted by Crippen LogP contribution is 2.23. The molecule has 1 aliphatic heterocycles. The molecule has 0 N–H and O–H groups in total. The highest BCUT2D eigenvalue weighted by molar-refractivity contribution is 5.78. The van der Waals surface area contributed by atoms with Gasteiger partial charge in [0, 0.05) is 31.9 Å². The van der Waals surface area contributed by atoms with Crippen LogP contribution < -0.4 is 20.1 Å². The molecule has 1 aliphatic rings. The Kier molecular flexibility index (Phi) is 5.69. The Hall–Kier alpha value is -3.87. The summed E-state index contributed by atoms with van der Waals surface area (Å²) >= 11 is 0. The number of aromatic nitrogens is 2. The molecule has 6 nitrogen and oxygen atoms in total. The van der Waals surface area contributed by atoms with Gasteiger partial charge >= 0.3 is 0 Å². The van der Waals surface area contributed by atoms with Crippen LogP contribution in [0.1, 0.15) is 5.56 Å². The first-order valence-corrected chi connectivity index (χ1v) is 11.0. The largest absolute Gasteiger partial charge is 0.494 e. The third-order valence-corrected chi connectivity index (χ3v) is 6.08. The van der Waals surface area contributed by atoms with Gasteiger partial charge in [-0.05, 0) is 42.0 Å². The minimum absolute atomic E-state index is 0.127. The lowest BCUT2D eigenvalue weighted by atomic mass is 10.2. The molecule has 1 aromatic heterocycles. The number of fused-ring (bicyclic) bond motifs is 1. The number of hydrogen-bond acceptors (Lipinski definition) is 5. The van der Waals surface area contributed by atoms with Crippen LogP contribution in [0.3, 0.4) is 0 Å². The Morgan fingerprint density at radius 3 is 2.33 bits per heavy atom. The maximum absolute atomic E-state index is 14.3. The van der Waals surface area contributed by atoms with Crippen molar-refractivity contribution in [3.8, 4) is 5.75 Å². The van der Waals surface area contributed by atoms with E-state index in [-0.39, 0.29) is 17.9 Å². The Balaban J connectivity index is 1.50. The molecule has 7 heteroatoms. The van der Waals surface area contributed by atoms with Gasteiger partial charge in [-0.2, -0.15) is 0 Å². The number of methoxy groups -OCH3 is 1. The van der Waals surface area contributed by atoms with Gasteiger partial charge in [-0.15, -0.1) is 0 Å². The van der Waals surface area contributed by atoms with Crippen molar-refractivity contribution in [3.05, 3.63) is 94.5 Å². The molecule has 1 saturated heterocycles. The molecule has 5 rings (SSSR count). The molecule has 0 atom stereocenters. The van der Waals surface area contributed by atoms with E-state index in [9.17, 15) is 9.18 Å². The van der Waals surface area contributed by atoms with Gasteiger partial charge in [0.05, 0.1) is 24.6 Å². The number of nitrogens with zero attached hydrogens (tertiary/aromatic N) is 4. The second-order valence-corrected chi connectivity index (χ2v) is 8.10. The lowest BCUT2D eigenvalue weighted by molar-refractivity contribution is 0.386. The van der Waals surface area contributed by atoms with Crippen LogP contribution in [0.5, 0.6) is 5.75 Å². The summed E-state index contributed by atoms with van der Waals surface area (Å²) in [5, 5.41) is 0.554. The number of halogens is 1. The van der Waals surface area contributed by atoms with Gasteiger partial charge in [0.2, 0.25) is 5.95 Å². The van der Waals surface area contributed by atoms with Crippen LogP contribution in [0, 0.1) is 5.82 Å². The number of rotatable bonds is 5. The van der Waals surface area contributed by atoms with Crippen molar-refractivity contribution in [2.45, 2.75) is 6.54 Å². The molecule has 0 radical (unpaired) electrons. The maximum atomic E-state index is 14.3. The van der Waals surface area contributed by atoms with E-state index < -0.39 is 5.82 Å². The molecule has 0 unspecified atom stereocenters. The Morgan fingerprint density at radius 1 is 0.909 bits per heavy atom. The van der Waals surface area contributed by atoms with E-state index in [4.69, 9.17) is 9.72 Å². The highest BCUT2D eigenvalue weighted by atomic mass is 19.1. The molecular weight excluding hydrogens is 419 g/mol. The highest BCUT2D eigenvalue weighted by Gasteiger charge is 2.23. The lowest BCUT2D eigenvalue weighted by Gasteiger charge is -2.37. The van der Waals surface area contributed by atoms with E-state index in [2.05, 4.69) is 21.9 Å². The summed E-state index contributed by atoms with van der Waals surface area (Å²) in [5.74, 6) is 0.345. The quantitative estimate of drug-likeness (QED) is 0.467. The van der Waals surface area contributed by atoms with Crippen molar-refractivity contribution in [2.24, 2.45) is 0 Å². The van der Waals surface area contributed by atoms with Crippen molar-refractivity contribution < 1.29 is 9.13 Å². The second-order valence-electron chi connectivity index (χ2n) is 8.10. The van der Waals surface area contributed by atoms with Crippen LogP contribution in [0.15, 0.2) is 77.6 Å². The zero-order valence-electron chi connectivity index (χ0n) is 18.4. The zero-order valence-corrected chi connectivity index (χ0v) is 18.4. The maximum Gasteiger partial charge on any atom is 0.263 e. The molecular formula is C26H25FN4O2. The summed E-state index contributed by atoms with van der Waals surface area (Å²) in [5.41, 5.74) is 2.41. The van der Waals surface area contributed by atoms with E-state index >= 15 is 0 Å². The Bertz CT molecular complexity index is 1330. The number of ether oxygens (including phenoxy) is 1. The molecule has 0 saturated carbocycles. The predicted octanol–water partition coefficient (Wildman–Crippen LogP) is 3.92. The molecule has 3 aromatic carbocycles. The Morgan fingerprint density at radius 2 is 1.61 bits per heavy atom. The summed E-state index contributed by atoms with van der Waals surface area (Å²) in [6.45, 7) is 3.34. The summed E-state index contributed by atoms with van der Waals surface area (Å²) in [4.78, 5) is 22.8. The minimum Gasteiger partial charge on any atom is -0.494 e. The molecule has 0 spiro atoms. The lowest BCUT2D eigenvalue weighted by Crippen LogP contribution is -2.48. The normalized spacial score (nSPS) is 14.0. The number of hydrogen-bond donors (Lipinski definition) is 0. The summed E-state index contributed by atoms with van der Waals surface area (Å²) in [7, 11) is 1.43. The van der Waals surface area contributed by atoms with Crippen LogP contribution in [0.25, 0.3) is 10.9 Å². The average molecular weight is 445 g/mol. The first kappa shape index (κ1) is 21.0. The predicted molar refractivity (Wildman–Crippen MR) is 129 cm³/mol. The van der Waals surface area contributed by atoms with Crippen molar-refractivity contribution in [1.82, 2.24) is 9.55 Å². The van der Waals surface area contributed by atoms with E-state index in [0.717, 1.165) is 26.2 Å². The standard InChI is InChI=1S/C26H25FN4O2/c1-33-24-12-11-19(17-22(24)27)18-31-25(32)21-9-5-6-10-23(21)28-26(31)30-15-13-29(14-16-30)20-7-3-2-4-8-20/h2-12,17H,13-16,18H2,1H3. The van der Waals surface area contributed by atoms with E-state index in [1.54, 1.807) is 22.8 Å². The molecule has 4 aromatic rings. The monoisotopic (exact) mass is 444 g/mol. The minimum atomic E-state index is -0.449. The molecule has 168 valence electrons. The molecule has 0 bridgehead atoms. The summed E-state index contributed by atoms with van der Waals surface area (Å²) < 4.78 is 21.0. The van der Waals surface area contributed by atoms with Crippen LogP contribution in [0.4, 0.5) is 16.0 Å². The molecule has 0 aliphatic carbocycles. The molecule has 2 heterocycles. The van der Waals surface area contributed by atoms with E-state index in [1.165, 1.54) is 18.9 Å². The first-order chi connectivity index (χ1) is 16.1. The SMILES string of the molecule is COc1ccc(Cn2c(N3CCN(c4ccccc4)CC3)nc3ccccc3c2=O)cc1F. The van der Waals surface area contributed by atoms with Crippen molar-refractivity contribution in [1.29, 1.82) is 0 Å². The van der Waals surface area contributed by atoms with Crippen molar-refractivity contribution >= 4 is 22.5 Å². The third kappa shape index (κ3) is 4.14.